The third kappa shape index (κ3) is 3.18. The van der Waals surface area contributed by atoms with Gasteiger partial charge < -0.3 is 19.9 Å². The zero-order chi connectivity index (χ0) is 14.5. The van der Waals surface area contributed by atoms with Crippen molar-refractivity contribution in [2.24, 2.45) is 0 Å². The number of para-hydroxylation sites is 1. The van der Waals surface area contributed by atoms with Crippen molar-refractivity contribution in [2.75, 3.05) is 32.7 Å². The summed E-state index contributed by atoms with van der Waals surface area (Å²) in [5.74, 6) is 0.742. The first-order chi connectivity index (χ1) is 9.65. The molecule has 1 unspecified atom stereocenters. The highest BCUT2D eigenvalue weighted by molar-refractivity contribution is 5.95. The van der Waals surface area contributed by atoms with Crippen LogP contribution in [0.1, 0.15) is 5.69 Å². The molecule has 0 aliphatic rings. The molecule has 0 saturated carbocycles. The van der Waals surface area contributed by atoms with Crippen LogP contribution in [0.2, 0.25) is 0 Å². The fraction of sp³-hybridized carbons (Fsp3) is 0.400. The fourth-order valence-electron chi connectivity index (χ4n) is 2.14. The minimum atomic E-state index is -0.547. The molecular weight excluding hydrogens is 256 g/mol. The maximum atomic E-state index is 9.72. The zero-order valence-electron chi connectivity index (χ0n) is 12.0. The first-order valence-electron chi connectivity index (χ1n) is 6.51. The maximum Gasteiger partial charge on any atom is 0.145 e. The van der Waals surface area contributed by atoms with Crippen molar-refractivity contribution in [1.82, 2.24) is 4.98 Å². The number of rotatable bonds is 6. The molecule has 0 amide bonds. The highest BCUT2D eigenvalue weighted by Crippen LogP contribution is 2.29. The number of ether oxygens (including phenoxy) is 2. The van der Waals surface area contributed by atoms with Gasteiger partial charge in [0.2, 0.25) is 0 Å². The Hall–Kier alpha value is -1.85. The topological polar surface area (TPSA) is 63.6 Å². The smallest absolute Gasteiger partial charge is 0.145 e. The molecule has 1 aromatic carbocycles. The van der Waals surface area contributed by atoms with Gasteiger partial charge in [-0.05, 0) is 19.1 Å². The van der Waals surface area contributed by atoms with Gasteiger partial charge in [0, 0.05) is 30.4 Å². The molecule has 2 aromatic rings. The predicted octanol–water partition coefficient (Wildman–Crippen LogP) is 1.97. The van der Waals surface area contributed by atoms with Gasteiger partial charge in [0.25, 0.3) is 0 Å². The number of pyridine rings is 1. The molecule has 0 spiro atoms. The standard InChI is InChI=1S/C15H20N2O3/c1-10-7-13(16-8-11(18)9-19-2)12-5-4-6-14(20-3)15(12)17-10/h4-7,11,18H,8-9H2,1-3H3,(H,16,17). The van der Waals surface area contributed by atoms with Crippen LogP contribution in [-0.4, -0.2) is 43.6 Å². The van der Waals surface area contributed by atoms with Crippen LogP contribution in [0.4, 0.5) is 5.69 Å². The van der Waals surface area contributed by atoms with Crippen molar-refractivity contribution in [3.8, 4) is 5.75 Å². The predicted molar refractivity (Wildman–Crippen MR) is 79.4 cm³/mol. The van der Waals surface area contributed by atoms with E-state index < -0.39 is 6.10 Å². The molecule has 0 bridgehead atoms. The molecule has 108 valence electrons. The van der Waals surface area contributed by atoms with Crippen LogP contribution in [0, 0.1) is 6.92 Å². The van der Waals surface area contributed by atoms with Gasteiger partial charge in [0.05, 0.1) is 19.8 Å². The van der Waals surface area contributed by atoms with Crippen LogP contribution in [0.15, 0.2) is 24.3 Å². The summed E-state index contributed by atoms with van der Waals surface area (Å²) in [5.41, 5.74) is 2.64. The number of benzene rings is 1. The quantitative estimate of drug-likeness (QED) is 0.844. The van der Waals surface area contributed by atoms with Gasteiger partial charge in [0.1, 0.15) is 11.3 Å². The highest BCUT2D eigenvalue weighted by atomic mass is 16.5. The average Bonchev–Trinajstić information content (AvgIpc) is 2.44. The highest BCUT2D eigenvalue weighted by Gasteiger charge is 2.10. The lowest BCUT2D eigenvalue weighted by Gasteiger charge is -2.15. The van der Waals surface area contributed by atoms with Gasteiger partial charge in [-0.15, -0.1) is 0 Å². The van der Waals surface area contributed by atoms with E-state index in [9.17, 15) is 5.11 Å². The van der Waals surface area contributed by atoms with E-state index in [1.807, 2.05) is 31.2 Å². The normalized spacial score (nSPS) is 12.4. The second-order valence-corrected chi connectivity index (χ2v) is 4.66. The van der Waals surface area contributed by atoms with Crippen molar-refractivity contribution in [3.63, 3.8) is 0 Å². The van der Waals surface area contributed by atoms with Crippen molar-refractivity contribution < 1.29 is 14.6 Å². The number of aryl methyl sites for hydroxylation is 1. The number of methoxy groups -OCH3 is 2. The van der Waals surface area contributed by atoms with Crippen molar-refractivity contribution in [3.05, 3.63) is 30.0 Å². The number of nitrogens with zero attached hydrogens (tertiary/aromatic N) is 1. The molecule has 0 aliphatic carbocycles. The lowest BCUT2D eigenvalue weighted by molar-refractivity contribution is 0.0728. The third-order valence-corrected chi connectivity index (χ3v) is 3.04. The second kappa shape index (κ2) is 6.54. The molecule has 0 radical (unpaired) electrons. The summed E-state index contributed by atoms with van der Waals surface area (Å²) < 4.78 is 10.3. The van der Waals surface area contributed by atoms with Gasteiger partial charge in [-0.3, -0.25) is 0 Å². The van der Waals surface area contributed by atoms with E-state index in [4.69, 9.17) is 9.47 Å². The van der Waals surface area contributed by atoms with E-state index >= 15 is 0 Å². The van der Waals surface area contributed by atoms with E-state index in [0.717, 1.165) is 28.0 Å². The van der Waals surface area contributed by atoms with E-state index in [1.54, 1.807) is 14.2 Å². The van der Waals surface area contributed by atoms with Crippen molar-refractivity contribution >= 4 is 16.6 Å². The largest absolute Gasteiger partial charge is 0.494 e. The Labute approximate surface area is 118 Å². The number of aliphatic hydroxyl groups excluding tert-OH is 1. The molecule has 2 N–H and O–H groups in total. The molecule has 0 aliphatic heterocycles. The van der Waals surface area contributed by atoms with E-state index in [0.29, 0.717) is 13.2 Å². The van der Waals surface area contributed by atoms with Crippen LogP contribution >= 0.6 is 0 Å². The monoisotopic (exact) mass is 276 g/mol. The second-order valence-electron chi connectivity index (χ2n) is 4.66. The SMILES string of the molecule is COCC(O)CNc1cc(C)nc2c(OC)cccc12. The summed E-state index contributed by atoms with van der Waals surface area (Å²) in [4.78, 5) is 4.52. The molecule has 0 saturated heterocycles. The van der Waals surface area contributed by atoms with Crippen LogP contribution in [-0.2, 0) is 4.74 Å². The summed E-state index contributed by atoms with van der Waals surface area (Å²) in [5, 5.41) is 13.9. The third-order valence-electron chi connectivity index (χ3n) is 3.04. The van der Waals surface area contributed by atoms with Crippen molar-refractivity contribution in [1.29, 1.82) is 0 Å². The van der Waals surface area contributed by atoms with Gasteiger partial charge in [-0.25, -0.2) is 4.98 Å². The minimum absolute atomic E-state index is 0.304. The zero-order valence-corrected chi connectivity index (χ0v) is 12.0. The summed E-state index contributed by atoms with van der Waals surface area (Å²) in [6, 6.07) is 7.75. The molecule has 1 atom stereocenters. The Morgan fingerprint density at radius 3 is 2.85 bits per heavy atom. The fourth-order valence-corrected chi connectivity index (χ4v) is 2.14. The molecule has 0 fully saturated rings. The summed E-state index contributed by atoms with van der Waals surface area (Å²) >= 11 is 0. The first-order valence-corrected chi connectivity index (χ1v) is 6.51. The molecule has 20 heavy (non-hydrogen) atoms. The molecule has 5 nitrogen and oxygen atoms in total. The van der Waals surface area contributed by atoms with Crippen LogP contribution in [0.25, 0.3) is 10.9 Å². The molecule has 1 aromatic heterocycles. The Bertz CT molecular complexity index is 587. The maximum absolute atomic E-state index is 9.72. The lowest BCUT2D eigenvalue weighted by Crippen LogP contribution is -2.24. The Morgan fingerprint density at radius 1 is 1.35 bits per heavy atom. The van der Waals surface area contributed by atoms with Gasteiger partial charge in [-0.2, -0.15) is 0 Å². The van der Waals surface area contributed by atoms with Gasteiger partial charge >= 0.3 is 0 Å². The summed E-state index contributed by atoms with van der Waals surface area (Å²) in [6.07, 6.45) is -0.547. The molecule has 2 rings (SSSR count). The van der Waals surface area contributed by atoms with Gasteiger partial charge in [0.15, 0.2) is 0 Å². The number of aromatic nitrogens is 1. The summed E-state index contributed by atoms with van der Waals surface area (Å²) in [7, 11) is 3.20. The lowest BCUT2D eigenvalue weighted by atomic mass is 10.1. The van der Waals surface area contributed by atoms with Crippen LogP contribution in [0.5, 0.6) is 5.75 Å². The van der Waals surface area contributed by atoms with Crippen LogP contribution < -0.4 is 10.1 Å². The Kier molecular flexibility index (Phi) is 4.76. The minimum Gasteiger partial charge on any atom is -0.494 e. The Morgan fingerprint density at radius 2 is 2.15 bits per heavy atom. The van der Waals surface area contributed by atoms with Crippen LogP contribution in [0.3, 0.4) is 0 Å². The van der Waals surface area contributed by atoms with E-state index in [2.05, 4.69) is 10.3 Å². The number of anilines is 1. The van der Waals surface area contributed by atoms with Gasteiger partial charge in [-0.1, -0.05) is 12.1 Å². The Balaban J connectivity index is 2.33. The molecule has 1 heterocycles. The van der Waals surface area contributed by atoms with E-state index in [1.165, 1.54) is 0 Å². The summed E-state index contributed by atoms with van der Waals surface area (Å²) in [6.45, 7) is 2.66. The van der Waals surface area contributed by atoms with E-state index in [-0.39, 0.29) is 0 Å². The number of hydrogen-bond donors (Lipinski definition) is 2. The first kappa shape index (κ1) is 14.6. The number of fused-ring (bicyclic) bond motifs is 1. The average molecular weight is 276 g/mol. The number of aliphatic hydroxyl groups is 1. The molecular formula is C15H20N2O3. The number of hydrogen-bond acceptors (Lipinski definition) is 5. The molecule has 5 heteroatoms. The number of nitrogens with one attached hydrogen (secondary N) is 1. The van der Waals surface area contributed by atoms with Crippen molar-refractivity contribution in [2.45, 2.75) is 13.0 Å².